The number of hydrazone groups is 1. The molecular formula is C25H21ClN4O3S. The van der Waals surface area contributed by atoms with Gasteiger partial charge in [-0.1, -0.05) is 53.7 Å². The van der Waals surface area contributed by atoms with Crippen LogP contribution in [0.15, 0.2) is 76.8 Å². The maximum Gasteiger partial charge on any atom is 0.276 e. The predicted octanol–water partition coefficient (Wildman–Crippen LogP) is 3.43. The molecule has 2 aliphatic heterocycles. The third-order valence-corrected chi connectivity index (χ3v) is 6.71. The third-order valence-electron chi connectivity index (χ3n) is 5.52. The Labute approximate surface area is 205 Å². The van der Waals surface area contributed by atoms with Gasteiger partial charge in [0, 0.05) is 27.6 Å². The second kappa shape index (κ2) is 9.40. The summed E-state index contributed by atoms with van der Waals surface area (Å²) >= 11 is 7.43. The first kappa shape index (κ1) is 22.3. The van der Waals surface area contributed by atoms with Gasteiger partial charge in [-0.3, -0.25) is 15.1 Å². The molecule has 7 nitrogen and oxygen atoms in total. The minimum Gasteiger partial charge on any atom is -0.497 e. The topological polar surface area (TPSA) is 75.5 Å². The largest absolute Gasteiger partial charge is 0.497 e. The maximum absolute atomic E-state index is 13.3. The van der Waals surface area contributed by atoms with Crippen molar-refractivity contribution in [3.05, 3.63) is 93.5 Å². The van der Waals surface area contributed by atoms with Crippen LogP contribution in [0, 0.1) is 0 Å². The number of benzene rings is 3. The standard InChI is InChI=1S/C25H21ClN4O3S/c1-32-17-11-12-19(21(13-17)33-2)23-27-20-6-4-3-5-18(20)22-24(31)28-25(29-30(22)23)34-14-15-7-9-16(26)10-8-15/h3-13,23H,14H2,1-2H3,(H,28,29,31). The average Bonchev–Trinajstić information content (AvgIpc) is 2.87. The van der Waals surface area contributed by atoms with Gasteiger partial charge in [-0.25, -0.2) is 5.01 Å². The van der Waals surface area contributed by atoms with Gasteiger partial charge in [0.15, 0.2) is 11.3 Å². The van der Waals surface area contributed by atoms with Crippen molar-refractivity contribution in [2.24, 2.45) is 10.1 Å². The number of fused-ring (bicyclic) bond motifs is 2. The fraction of sp³-hybridized carbons (Fsp3) is 0.160. The molecule has 1 N–H and O–H groups in total. The Balaban J connectivity index is 1.58. The van der Waals surface area contributed by atoms with E-state index < -0.39 is 6.17 Å². The van der Waals surface area contributed by atoms with Crippen LogP contribution in [0.4, 0.5) is 0 Å². The number of para-hydroxylation sites is 1. The summed E-state index contributed by atoms with van der Waals surface area (Å²) in [5.74, 6) is 1.67. The summed E-state index contributed by atoms with van der Waals surface area (Å²) in [6.07, 6.45) is -0.581. The van der Waals surface area contributed by atoms with Gasteiger partial charge >= 0.3 is 0 Å². The molecule has 2 aliphatic rings. The Morgan fingerprint density at radius 3 is 2.62 bits per heavy atom. The van der Waals surface area contributed by atoms with Crippen LogP contribution in [0.25, 0.3) is 5.70 Å². The van der Waals surface area contributed by atoms with Gasteiger partial charge in [-0.2, -0.15) is 0 Å². The number of rotatable bonds is 5. The maximum atomic E-state index is 13.3. The highest BCUT2D eigenvalue weighted by molar-refractivity contribution is 8.13. The van der Waals surface area contributed by atoms with E-state index in [1.54, 1.807) is 25.3 Å². The Morgan fingerprint density at radius 1 is 1.06 bits per heavy atom. The SMILES string of the molecule is COc1ccc(C2N=c3ccccc3=C3C(=O)NC(SCc4ccc(Cl)cc4)=NN32)c(OC)c1. The van der Waals surface area contributed by atoms with Crippen LogP contribution < -0.4 is 25.4 Å². The molecule has 3 aromatic carbocycles. The van der Waals surface area contributed by atoms with E-state index in [9.17, 15) is 4.79 Å². The van der Waals surface area contributed by atoms with Crippen molar-refractivity contribution < 1.29 is 14.3 Å². The highest BCUT2D eigenvalue weighted by Crippen LogP contribution is 2.37. The minimum atomic E-state index is -0.581. The van der Waals surface area contributed by atoms with E-state index in [4.69, 9.17) is 31.2 Å². The number of amides is 1. The summed E-state index contributed by atoms with van der Waals surface area (Å²) < 4.78 is 11.0. The normalized spacial score (nSPS) is 16.6. The molecule has 0 spiro atoms. The molecule has 9 heteroatoms. The third kappa shape index (κ3) is 4.22. The molecule has 2 heterocycles. The summed E-state index contributed by atoms with van der Waals surface area (Å²) in [6, 6.07) is 20.7. The highest BCUT2D eigenvalue weighted by atomic mass is 35.5. The fourth-order valence-corrected chi connectivity index (χ4v) is 4.79. The molecule has 34 heavy (non-hydrogen) atoms. The zero-order valence-corrected chi connectivity index (χ0v) is 20.1. The lowest BCUT2D eigenvalue weighted by molar-refractivity contribution is -0.116. The number of halogens is 1. The molecule has 0 radical (unpaired) electrons. The number of thioether (sulfide) groups is 1. The first-order chi connectivity index (χ1) is 16.6. The number of hydrogen-bond donors (Lipinski definition) is 1. The Kier molecular flexibility index (Phi) is 6.17. The van der Waals surface area contributed by atoms with Crippen molar-refractivity contribution in [1.82, 2.24) is 10.3 Å². The highest BCUT2D eigenvalue weighted by Gasteiger charge is 2.35. The Morgan fingerprint density at radius 2 is 1.85 bits per heavy atom. The number of carbonyl (C=O) groups excluding carboxylic acids is 1. The van der Waals surface area contributed by atoms with Crippen LogP contribution in [-0.4, -0.2) is 30.3 Å². The van der Waals surface area contributed by atoms with Crippen LogP contribution in [0.3, 0.4) is 0 Å². The number of nitrogens with zero attached hydrogens (tertiary/aromatic N) is 3. The van der Waals surface area contributed by atoms with Crippen molar-refractivity contribution in [2.75, 3.05) is 14.2 Å². The molecule has 0 fully saturated rings. The molecule has 5 rings (SSSR count). The first-order valence-electron chi connectivity index (χ1n) is 10.5. The molecule has 0 saturated carbocycles. The molecule has 0 bridgehead atoms. The van der Waals surface area contributed by atoms with E-state index in [0.717, 1.165) is 21.7 Å². The molecule has 0 aliphatic carbocycles. The monoisotopic (exact) mass is 492 g/mol. The first-order valence-corrected chi connectivity index (χ1v) is 11.9. The molecule has 172 valence electrons. The summed E-state index contributed by atoms with van der Waals surface area (Å²) in [6.45, 7) is 0. The minimum absolute atomic E-state index is 0.228. The molecule has 1 amide bonds. The number of nitrogens with one attached hydrogen (secondary N) is 1. The van der Waals surface area contributed by atoms with E-state index >= 15 is 0 Å². The number of methoxy groups -OCH3 is 2. The molecule has 3 aromatic rings. The van der Waals surface area contributed by atoms with E-state index in [2.05, 4.69) is 5.32 Å². The Bertz CT molecular complexity index is 1410. The van der Waals surface area contributed by atoms with E-state index in [1.165, 1.54) is 11.8 Å². The van der Waals surface area contributed by atoms with Crippen molar-refractivity contribution in [1.29, 1.82) is 0 Å². The summed E-state index contributed by atoms with van der Waals surface area (Å²) in [4.78, 5) is 18.2. The zero-order chi connectivity index (χ0) is 23.7. The van der Waals surface area contributed by atoms with E-state index in [0.29, 0.717) is 33.1 Å². The fourth-order valence-electron chi connectivity index (χ4n) is 3.86. The lowest BCUT2D eigenvalue weighted by atomic mass is 10.1. The van der Waals surface area contributed by atoms with Crippen molar-refractivity contribution >= 4 is 40.1 Å². The predicted molar refractivity (Wildman–Crippen MR) is 133 cm³/mol. The van der Waals surface area contributed by atoms with Crippen molar-refractivity contribution in [2.45, 2.75) is 11.9 Å². The van der Waals surface area contributed by atoms with Crippen LogP contribution in [0.5, 0.6) is 11.5 Å². The zero-order valence-electron chi connectivity index (χ0n) is 18.5. The number of amidine groups is 1. The number of ether oxygens (including phenoxy) is 2. The van der Waals surface area contributed by atoms with Gasteiger partial charge in [-0.15, -0.1) is 5.10 Å². The van der Waals surface area contributed by atoms with Crippen LogP contribution >= 0.6 is 23.4 Å². The average molecular weight is 493 g/mol. The number of carbonyl (C=O) groups is 1. The van der Waals surface area contributed by atoms with Crippen LogP contribution in [-0.2, 0) is 10.5 Å². The second-order valence-electron chi connectivity index (χ2n) is 7.60. The van der Waals surface area contributed by atoms with Gasteiger partial charge in [0.25, 0.3) is 5.91 Å². The van der Waals surface area contributed by atoms with Crippen LogP contribution in [0.1, 0.15) is 17.3 Å². The van der Waals surface area contributed by atoms with E-state index in [-0.39, 0.29) is 5.91 Å². The molecule has 1 atom stereocenters. The van der Waals surface area contributed by atoms with Gasteiger partial charge < -0.3 is 9.47 Å². The number of hydrogen-bond acceptors (Lipinski definition) is 7. The lowest BCUT2D eigenvalue weighted by Gasteiger charge is -2.34. The molecule has 0 aromatic heterocycles. The molecular weight excluding hydrogens is 472 g/mol. The van der Waals surface area contributed by atoms with Gasteiger partial charge in [-0.05, 0) is 35.9 Å². The summed E-state index contributed by atoms with van der Waals surface area (Å²) in [7, 11) is 3.20. The summed E-state index contributed by atoms with van der Waals surface area (Å²) in [5.41, 5.74) is 2.29. The Hall–Kier alpha value is -3.49. The second-order valence-corrected chi connectivity index (χ2v) is 9.00. The smallest absolute Gasteiger partial charge is 0.276 e. The quantitative estimate of drug-likeness (QED) is 0.590. The summed E-state index contributed by atoms with van der Waals surface area (Å²) in [5, 5.41) is 12.0. The van der Waals surface area contributed by atoms with E-state index in [1.807, 2.05) is 60.7 Å². The van der Waals surface area contributed by atoms with Gasteiger partial charge in [0.05, 0.1) is 19.6 Å². The van der Waals surface area contributed by atoms with Crippen molar-refractivity contribution in [3.63, 3.8) is 0 Å². The molecule has 1 unspecified atom stereocenters. The van der Waals surface area contributed by atoms with Gasteiger partial charge in [0.2, 0.25) is 0 Å². The van der Waals surface area contributed by atoms with Gasteiger partial charge in [0.1, 0.15) is 17.2 Å². The molecule has 0 saturated heterocycles. The van der Waals surface area contributed by atoms with Crippen molar-refractivity contribution in [3.8, 4) is 11.5 Å². The lowest BCUT2D eigenvalue weighted by Crippen LogP contribution is -2.50. The van der Waals surface area contributed by atoms with Crippen LogP contribution in [0.2, 0.25) is 5.02 Å².